The van der Waals surface area contributed by atoms with Crippen LogP contribution in [-0.4, -0.2) is 13.1 Å². The average Bonchev–Trinajstić information content (AvgIpc) is 2.46. The van der Waals surface area contributed by atoms with Crippen molar-refractivity contribution >= 4 is 12.0 Å². The number of esters is 1. The lowest BCUT2D eigenvalue weighted by Gasteiger charge is -2.17. The number of halogens is 1. The number of hydrogen-bond donors (Lipinski definition) is 0. The molecule has 0 amide bonds. The molecule has 0 radical (unpaired) electrons. The Balaban J connectivity index is 2.18. The van der Waals surface area contributed by atoms with Gasteiger partial charge in [-0.15, -0.1) is 0 Å². The SMILES string of the molecule is COC(=O)c1cc(F)ccc1/C=C/C1CCCCC1. The maximum atomic E-state index is 13.2. The third-order valence-corrected chi connectivity index (χ3v) is 3.62. The molecule has 1 aliphatic carbocycles. The fourth-order valence-corrected chi connectivity index (χ4v) is 2.53. The van der Waals surface area contributed by atoms with Crippen LogP contribution in [0.3, 0.4) is 0 Å². The first-order chi connectivity index (χ1) is 9.20. The summed E-state index contributed by atoms with van der Waals surface area (Å²) in [6.45, 7) is 0. The van der Waals surface area contributed by atoms with E-state index in [0.717, 1.165) is 5.56 Å². The summed E-state index contributed by atoms with van der Waals surface area (Å²) >= 11 is 0. The lowest BCUT2D eigenvalue weighted by Crippen LogP contribution is -2.05. The molecule has 0 atom stereocenters. The van der Waals surface area contributed by atoms with Gasteiger partial charge in [-0.3, -0.25) is 0 Å². The Morgan fingerprint density at radius 1 is 1.32 bits per heavy atom. The highest BCUT2D eigenvalue weighted by atomic mass is 19.1. The third kappa shape index (κ3) is 3.66. The largest absolute Gasteiger partial charge is 0.465 e. The summed E-state index contributed by atoms with van der Waals surface area (Å²) in [6.07, 6.45) is 10.3. The molecule has 2 rings (SSSR count). The molecule has 102 valence electrons. The Morgan fingerprint density at radius 2 is 2.05 bits per heavy atom. The second kappa shape index (κ2) is 6.50. The van der Waals surface area contributed by atoms with Gasteiger partial charge in [-0.05, 0) is 36.5 Å². The molecule has 3 heteroatoms. The van der Waals surface area contributed by atoms with Crippen LogP contribution >= 0.6 is 0 Å². The number of carbonyl (C=O) groups excluding carboxylic acids is 1. The maximum absolute atomic E-state index is 13.2. The molecular weight excluding hydrogens is 243 g/mol. The molecule has 1 aromatic carbocycles. The molecule has 0 saturated heterocycles. The van der Waals surface area contributed by atoms with Crippen molar-refractivity contribution in [1.82, 2.24) is 0 Å². The summed E-state index contributed by atoms with van der Waals surface area (Å²) < 4.78 is 17.9. The van der Waals surface area contributed by atoms with Gasteiger partial charge in [-0.2, -0.15) is 0 Å². The number of rotatable bonds is 3. The summed E-state index contributed by atoms with van der Waals surface area (Å²) in [4.78, 5) is 11.6. The van der Waals surface area contributed by atoms with Gasteiger partial charge < -0.3 is 4.74 Å². The fraction of sp³-hybridized carbons (Fsp3) is 0.438. The first kappa shape index (κ1) is 13.8. The van der Waals surface area contributed by atoms with E-state index in [9.17, 15) is 9.18 Å². The van der Waals surface area contributed by atoms with E-state index in [1.807, 2.05) is 6.08 Å². The van der Waals surface area contributed by atoms with Crippen LogP contribution in [0.5, 0.6) is 0 Å². The van der Waals surface area contributed by atoms with Crippen molar-refractivity contribution in [3.8, 4) is 0 Å². The smallest absolute Gasteiger partial charge is 0.338 e. The standard InChI is InChI=1S/C16H19FO2/c1-19-16(18)15-11-14(17)10-9-13(15)8-7-12-5-3-2-4-6-12/h7-12H,2-6H2,1H3/b8-7+. The molecule has 1 fully saturated rings. The van der Waals surface area contributed by atoms with Crippen LogP contribution in [0.25, 0.3) is 6.08 Å². The Morgan fingerprint density at radius 3 is 2.74 bits per heavy atom. The Kier molecular flexibility index (Phi) is 4.72. The van der Waals surface area contributed by atoms with E-state index >= 15 is 0 Å². The minimum Gasteiger partial charge on any atom is -0.465 e. The molecule has 1 aromatic rings. The van der Waals surface area contributed by atoms with Crippen LogP contribution < -0.4 is 0 Å². The minimum absolute atomic E-state index is 0.287. The highest BCUT2D eigenvalue weighted by Crippen LogP contribution is 2.26. The van der Waals surface area contributed by atoms with Gasteiger partial charge in [0.1, 0.15) is 5.82 Å². The van der Waals surface area contributed by atoms with Gasteiger partial charge in [-0.1, -0.05) is 37.5 Å². The van der Waals surface area contributed by atoms with Gasteiger partial charge in [0.25, 0.3) is 0 Å². The number of hydrogen-bond acceptors (Lipinski definition) is 2. The molecule has 1 aliphatic rings. The molecule has 0 bridgehead atoms. The maximum Gasteiger partial charge on any atom is 0.338 e. The Hall–Kier alpha value is -1.64. The van der Waals surface area contributed by atoms with Gasteiger partial charge in [0.05, 0.1) is 12.7 Å². The molecule has 0 N–H and O–H groups in total. The van der Waals surface area contributed by atoms with E-state index in [-0.39, 0.29) is 5.56 Å². The molecule has 0 unspecified atom stereocenters. The van der Waals surface area contributed by atoms with Crippen LogP contribution in [0.4, 0.5) is 4.39 Å². The van der Waals surface area contributed by atoms with Crippen molar-refractivity contribution in [2.75, 3.05) is 7.11 Å². The van der Waals surface area contributed by atoms with Crippen LogP contribution in [0.15, 0.2) is 24.3 Å². The first-order valence-corrected chi connectivity index (χ1v) is 6.77. The second-order valence-corrected chi connectivity index (χ2v) is 4.98. The highest BCUT2D eigenvalue weighted by Gasteiger charge is 2.13. The van der Waals surface area contributed by atoms with Crippen molar-refractivity contribution in [1.29, 1.82) is 0 Å². The Bertz CT molecular complexity index is 474. The lowest BCUT2D eigenvalue weighted by atomic mass is 9.88. The van der Waals surface area contributed by atoms with Crippen molar-refractivity contribution in [2.24, 2.45) is 5.92 Å². The zero-order valence-corrected chi connectivity index (χ0v) is 11.2. The fourth-order valence-electron chi connectivity index (χ4n) is 2.53. The highest BCUT2D eigenvalue weighted by molar-refractivity contribution is 5.93. The monoisotopic (exact) mass is 262 g/mol. The van der Waals surface area contributed by atoms with Crippen LogP contribution in [-0.2, 0) is 4.74 Å². The zero-order valence-electron chi connectivity index (χ0n) is 11.2. The zero-order chi connectivity index (χ0) is 13.7. The van der Waals surface area contributed by atoms with Crippen molar-refractivity contribution in [2.45, 2.75) is 32.1 Å². The number of allylic oxidation sites excluding steroid dienone is 1. The number of ether oxygens (including phenoxy) is 1. The molecular formula is C16H19FO2. The summed E-state index contributed by atoms with van der Waals surface area (Å²) in [6, 6.07) is 4.22. The van der Waals surface area contributed by atoms with E-state index < -0.39 is 11.8 Å². The van der Waals surface area contributed by atoms with Crippen molar-refractivity contribution in [3.05, 3.63) is 41.2 Å². The van der Waals surface area contributed by atoms with Gasteiger partial charge in [0.15, 0.2) is 0 Å². The van der Waals surface area contributed by atoms with E-state index in [1.54, 1.807) is 6.07 Å². The predicted molar refractivity (Wildman–Crippen MR) is 73.3 cm³/mol. The molecule has 19 heavy (non-hydrogen) atoms. The van der Waals surface area contributed by atoms with E-state index in [0.29, 0.717) is 5.92 Å². The number of carbonyl (C=O) groups is 1. The lowest BCUT2D eigenvalue weighted by molar-refractivity contribution is 0.0600. The summed E-state index contributed by atoms with van der Waals surface area (Å²) in [5.41, 5.74) is 1.01. The number of benzene rings is 1. The third-order valence-electron chi connectivity index (χ3n) is 3.62. The van der Waals surface area contributed by atoms with Crippen LogP contribution in [0.1, 0.15) is 48.0 Å². The normalized spacial score (nSPS) is 16.7. The molecule has 0 aromatic heterocycles. The summed E-state index contributed by atoms with van der Waals surface area (Å²) in [7, 11) is 1.31. The molecule has 1 saturated carbocycles. The van der Waals surface area contributed by atoms with E-state index in [2.05, 4.69) is 10.8 Å². The summed E-state index contributed by atoms with van der Waals surface area (Å²) in [5, 5.41) is 0. The predicted octanol–water partition coefficient (Wildman–Crippen LogP) is 4.21. The minimum atomic E-state index is -0.497. The van der Waals surface area contributed by atoms with E-state index in [1.165, 1.54) is 51.3 Å². The molecule has 0 spiro atoms. The molecule has 2 nitrogen and oxygen atoms in total. The van der Waals surface area contributed by atoms with Crippen LogP contribution in [0, 0.1) is 11.7 Å². The summed E-state index contributed by atoms with van der Waals surface area (Å²) in [5.74, 6) is -0.345. The van der Waals surface area contributed by atoms with Gasteiger partial charge in [0.2, 0.25) is 0 Å². The van der Waals surface area contributed by atoms with Crippen molar-refractivity contribution < 1.29 is 13.9 Å². The number of methoxy groups -OCH3 is 1. The average molecular weight is 262 g/mol. The van der Waals surface area contributed by atoms with Crippen LogP contribution in [0.2, 0.25) is 0 Å². The van der Waals surface area contributed by atoms with Gasteiger partial charge in [-0.25, -0.2) is 9.18 Å². The van der Waals surface area contributed by atoms with Gasteiger partial charge >= 0.3 is 5.97 Å². The molecule has 0 aliphatic heterocycles. The Labute approximate surface area is 113 Å². The van der Waals surface area contributed by atoms with Gasteiger partial charge in [0, 0.05) is 0 Å². The quantitative estimate of drug-likeness (QED) is 0.763. The second-order valence-electron chi connectivity index (χ2n) is 4.98. The topological polar surface area (TPSA) is 26.3 Å². The van der Waals surface area contributed by atoms with Crippen molar-refractivity contribution in [3.63, 3.8) is 0 Å². The molecule has 0 heterocycles. The first-order valence-electron chi connectivity index (χ1n) is 6.77. The van der Waals surface area contributed by atoms with E-state index in [4.69, 9.17) is 0 Å².